The van der Waals surface area contributed by atoms with Crippen LogP contribution in [0.1, 0.15) is 74.0 Å². The Bertz CT molecular complexity index is 1440. The number of aryl methyl sites for hydroxylation is 1. The summed E-state index contributed by atoms with van der Waals surface area (Å²) >= 11 is 8.93. The van der Waals surface area contributed by atoms with Crippen molar-refractivity contribution in [3.8, 4) is 11.8 Å². The van der Waals surface area contributed by atoms with Crippen LogP contribution < -0.4 is 10.1 Å². The van der Waals surface area contributed by atoms with Gasteiger partial charge >= 0.3 is 0 Å². The number of benzene rings is 1. The number of nitrogens with zero attached hydrogens (tertiary/aromatic N) is 4. The third-order valence-corrected chi connectivity index (χ3v) is 10.2. The van der Waals surface area contributed by atoms with Crippen LogP contribution in [0.4, 0.5) is 5.00 Å². The number of carbonyl (C=O) groups excluding carboxylic acids is 1. The number of fused-ring (bicyclic) bond motifs is 1. The molecule has 10 heteroatoms. The van der Waals surface area contributed by atoms with E-state index in [2.05, 4.69) is 48.9 Å². The minimum absolute atomic E-state index is 0.139. The topological polar surface area (TPSA) is 92.8 Å². The Morgan fingerprint density at radius 1 is 1.45 bits per heavy atom. The van der Waals surface area contributed by atoms with Gasteiger partial charge in [0.2, 0.25) is 5.91 Å². The largest absolute Gasteiger partial charge is 0.482 e. The zero-order valence-electron chi connectivity index (χ0n) is 23.7. The number of hydrogen-bond donors (Lipinski definition) is 1. The summed E-state index contributed by atoms with van der Waals surface area (Å²) in [6, 6.07) is 7.83. The number of hydrogen-bond acceptors (Lipinski definition) is 7. The Hall–Kier alpha value is -2.80. The predicted molar refractivity (Wildman–Crippen MR) is 163 cm³/mol. The normalized spacial score (nSPS) is 15.7. The predicted octanol–water partition coefficient (Wildman–Crippen LogP) is 7.77. The molecule has 0 spiro atoms. The summed E-state index contributed by atoms with van der Waals surface area (Å²) in [5.41, 5.74) is 2.91. The molecule has 1 amide bonds. The Morgan fingerprint density at radius 2 is 2.23 bits per heavy atom. The molecule has 40 heavy (non-hydrogen) atoms. The van der Waals surface area contributed by atoms with Gasteiger partial charge in [-0.2, -0.15) is 5.26 Å². The highest BCUT2D eigenvalue weighted by atomic mass is 35.5. The maximum atomic E-state index is 13.0. The number of halogens is 1. The molecule has 4 rings (SSSR count). The Kier molecular flexibility index (Phi) is 9.65. The van der Waals surface area contributed by atoms with Crippen LogP contribution in [-0.4, -0.2) is 26.4 Å². The van der Waals surface area contributed by atoms with E-state index in [1.54, 1.807) is 23.5 Å². The fraction of sp³-hybridized carbons (Fsp3) is 0.467. The van der Waals surface area contributed by atoms with Crippen LogP contribution in [0.25, 0.3) is 0 Å². The number of amides is 1. The van der Waals surface area contributed by atoms with E-state index in [1.807, 2.05) is 30.5 Å². The molecule has 7 nitrogen and oxygen atoms in total. The number of rotatable bonds is 11. The SMILES string of the molecule is C=CCn1c(SCC(=O)Nc2sc3c(c2C#N)CCC(C(C)(C)CC)C3)nnc1C(C)Oc1ccc(Cl)cc1C. The molecule has 2 unspecified atom stereocenters. The molecule has 1 N–H and O–H groups in total. The molecular weight excluding hydrogens is 562 g/mol. The van der Waals surface area contributed by atoms with Crippen LogP contribution in [0.5, 0.6) is 5.75 Å². The molecule has 1 aliphatic carbocycles. The zero-order valence-corrected chi connectivity index (χ0v) is 26.1. The number of nitrogens with one attached hydrogen (secondary N) is 1. The highest BCUT2D eigenvalue weighted by Gasteiger charge is 2.34. The first kappa shape index (κ1) is 30.2. The van der Waals surface area contributed by atoms with Gasteiger partial charge in [-0.15, -0.1) is 28.1 Å². The molecule has 2 heterocycles. The van der Waals surface area contributed by atoms with Crippen LogP contribution in [0, 0.1) is 29.6 Å². The van der Waals surface area contributed by atoms with Crippen molar-refractivity contribution in [1.82, 2.24) is 14.8 Å². The molecule has 1 aromatic carbocycles. The molecule has 0 bridgehead atoms. The second-order valence-corrected chi connectivity index (χ2v) is 13.3. The van der Waals surface area contributed by atoms with E-state index in [9.17, 15) is 10.1 Å². The van der Waals surface area contributed by atoms with Gasteiger partial charge in [0.25, 0.3) is 0 Å². The third kappa shape index (κ3) is 6.56. The smallest absolute Gasteiger partial charge is 0.235 e. The van der Waals surface area contributed by atoms with Crippen LogP contribution in [0.15, 0.2) is 36.0 Å². The molecule has 2 atom stereocenters. The second kappa shape index (κ2) is 12.8. The summed E-state index contributed by atoms with van der Waals surface area (Å²) in [5.74, 6) is 1.89. The summed E-state index contributed by atoms with van der Waals surface area (Å²) in [4.78, 5) is 14.2. The molecular formula is C30H36ClN5O2S2. The first-order valence-corrected chi connectivity index (χ1v) is 15.7. The minimum atomic E-state index is -0.382. The molecule has 0 radical (unpaired) electrons. The van der Waals surface area contributed by atoms with E-state index >= 15 is 0 Å². The van der Waals surface area contributed by atoms with E-state index in [0.29, 0.717) is 39.0 Å². The second-order valence-electron chi connectivity index (χ2n) is 10.8. The van der Waals surface area contributed by atoms with Gasteiger partial charge in [0.05, 0.1) is 11.3 Å². The van der Waals surface area contributed by atoms with Gasteiger partial charge in [-0.25, -0.2) is 0 Å². The molecule has 0 fully saturated rings. The fourth-order valence-corrected chi connectivity index (χ4v) is 7.31. The van der Waals surface area contributed by atoms with E-state index < -0.39 is 0 Å². The standard InChI is InChI=1S/C30H36ClN5O2S2/c1-7-13-36-27(19(4)38-24-12-10-21(31)14-18(24)3)34-35-29(36)39-17-26(37)33-28-23(16-32)22-11-9-20(15-25(22)40-28)30(5,6)8-2/h7,10,12,14,19-20H,1,8-9,11,13,15,17H2,2-6H3,(H,33,37). The molecule has 0 saturated carbocycles. The maximum Gasteiger partial charge on any atom is 0.235 e. The number of aromatic nitrogens is 3. The van der Waals surface area contributed by atoms with Gasteiger partial charge in [0, 0.05) is 16.4 Å². The summed E-state index contributed by atoms with van der Waals surface area (Å²) in [6.07, 6.45) is 5.42. The van der Waals surface area contributed by atoms with E-state index in [1.165, 1.54) is 16.6 Å². The Labute approximate surface area is 250 Å². The average Bonchev–Trinajstić information content (AvgIpc) is 3.49. The highest BCUT2D eigenvalue weighted by Crippen LogP contribution is 2.45. The van der Waals surface area contributed by atoms with Gasteiger partial charge in [0.15, 0.2) is 17.1 Å². The van der Waals surface area contributed by atoms with Crippen LogP contribution in [0.2, 0.25) is 5.02 Å². The molecule has 0 saturated heterocycles. The van der Waals surface area contributed by atoms with Gasteiger partial charge in [-0.1, -0.05) is 56.6 Å². The Morgan fingerprint density at radius 3 is 2.90 bits per heavy atom. The van der Waals surface area contributed by atoms with Crippen molar-refractivity contribution in [1.29, 1.82) is 5.26 Å². The quantitative estimate of drug-likeness (QED) is 0.179. The van der Waals surface area contributed by atoms with Crippen molar-refractivity contribution in [3.05, 3.63) is 63.3 Å². The lowest BCUT2D eigenvalue weighted by Gasteiger charge is -2.36. The van der Waals surface area contributed by atoms with Crippen molar-refractivity contribution < 1.29 is 9.53 Å². The van der Waals surface area contributed by atoms with Gasteiger partial charge in [-0.05, 0) is 73.8 Å². The molecule has 3 aromatic rings. The molecule has 212 valence electrons. The molecule has 1 aliphatic rings. The summed E-state index contributed by atoms with van der Waals surface area (Å²) in [7, 11) is 0. The van der Waals surface area contributed by atoms with E-state index in [-0.39, 0.29) is 23.2 Å². The fourth-order valence-electron chi connectivity index (χ4n) is 5.04. The lowest BCUT2D eigenvalue weighted by Crippen LogP contribution is -2.28. The summed E-state index contributed by atoms with van der Waals surface area (Å²) in [5, 5.41) is 23.5. The van der Waals surface area contributed by atoms with Crippen molar-refractivity contribution in [3.63, 3.8) is 0 Å². The number of carbonyl (C=O) groups is 1. The Balaban J connectivity index is 1.44. The van der Waals surface area contributed by atoms with Gasteiger partial charge in [-0.3, -0.25) is 9.36 Å². The molecule has 0 aliphatic heterocycles. The zero-order chi connectivity index (χ0) is 29.0. The van der Waals surface area contributed by atoms with Gasteiger partial charge in [0.1, 0.15) is 16.8 Å². The number of thioether (sulfide) groups is 1. The maximum absolute atomic E-state index is 13.0. The van der Waals surface area contributed by atoms with Crippen molar-refractivity contribution in [2.24, 2.45) is 11.3 Å². The average molecular weight is 598 g/mol. The number of nitriles is 1. The van der Waals surface area contributed by atoms with Crippen molar-refractivity contribution in [2.75, 3.05) is 11.1 Å². The highest BCUT2D eigenvalue weighted by molar-refractivity contribution is 7.99. The monoisotopic (exact) mass is 597 g/mol. The van der Waals surface area contributed by atoms with E-state index in [0.717, 1.165) is 42.6 Å². The van der Waals surface area contributed by atoms with Crippen LogP contribution >= 0.6 is 34.7 Å². The first-order chi connectivity index (χ1) is 19.1. The number of anilines is 1. The van der Waals surface area contributed by atoms with E-state index in [4.69, 9.17) is 16.3 Å². The summed E-state index contributed by atoms with van der Waals surface area (Å²) < 4.78 is 8.06. The number of allylic oxidation sites excluding steroid dienone is 1. The molecule has 2 aromatic heterocycles. The van der Waals surface area contributed by atoms with Crippen molar-refractivity contribution >= 4 is 45.6 Å². The van der Waals surface area contributed by atoms with Gasteiger partial charge < -0.3 is 10.1 Å². The summed E-state index contributed by atoms with van der Waals surface area (Å²) in [6.45, 7) is 15.1. The number of ether oxygens (including phenoxy) is 1. The number of thiophene rings is 1. The lowest BCUT2D eigenvalue weighted by atomic mass is 9.69. The van der Waals surface area contributed by atoms with Crippen LogP contribution in [-0.2, 0) is 24.2 Å². The third-order valence-electron chi connectivity index (χ3n) is 7.84. The lowest BCUT2D eigenvalue weighted by molar-refractivity contribution is -0.113. The van der Waals surface area contributed by atoms with Crippen LogP contribution in [0.3, 0.4) is 0 Å². The first-order valence-electron chi connectivity index (χ1n) is 13.5. The minimum Gasteiger partial charge on any atom is -0.482 e. The van der Waals surface area contributed by atoms with Crippen molar-refractivity contribution in [2.45, 2.75) is 78.1 Å².